The lowest BCUT2D eigenvalue weighted by Gasteiger charge is -2.22. The van der Waals surface area contributed by atoms with Crippen LogP contribution in [0.25, 0.3) is 0 Å². The van der Waals surface area contributed by atoms with Crippen molar-refractivity contribution in [1.82, 2.24) is 15.5 Å². The molecule has 7 heteroatoms. The average Bonchev–Trinajstić information content (AvgIpc) is 2.53. The van der Waals surface area contributed by atoms with E-state index in [0.29, 0.717) is 29.7 Å². The molecule has 5 nitrogen and oxygen atoms in total. The summed E-state index contributed by atoms with van der Waals surface area (Å²) in [5.74, 6) is 0.807. The van der Waals surface area contributed by atoms with Gasteiger partial charge in [-0.05, 0) is 24.6 Å². The number of halogens is 2. The number of nitrogens with one attached hydrogen (secondary N) is 2. The summed E-state index contributed by atoms with van der Waals surface area (Å²) in [4.78, 5) is 18.1. The van der Waals surface area contributed by atoms with Crippen LogP contribution < -0.4 is 10.6 Å². The van der Waals surface area contributed by atoms with Crippen LogP contribution in [-0.4, -0.2) is 43.4 Å². The summed E-state index contributed by atoms with van der Waals surface area (Å²) in [5.41, 5.74) is 1.05. The molecule has 0 aliphatic rings. The highest BCUT2D eigenvalue weighted by Gasteiger charge is 2.09. The van der Waals surface area contributed by atoms with Crippen LogP contribution in [-0.2, 0) is 11.3 Å². The van der Waals surface area contributed by atoms with Gasteiger partial charge < -0.3 is 15.5 Å². The topological polar surface area (TPSA) is 56.7 Å². The van der Waals surface area contributed by atoms with E-state index in [-0.39, 0.29) is 11.8 Å². The van der Waals surface area contributed by atoms with Gasteiger partial charge in [-0.1, -0.05) is 43.1 Å². The number of hydrogen-bond donors (Lipinski definition) is 2. The summed E-state index contributed by atoms with van der Waals surface area (Å²) in [6.45, 7) is 8.22. The van der Waals surface area contributed by atoms with E-state index in [4.69, 9.17) is 23.2 Å². The maximum Gasteiger partial charge on any atom is 0.222 e. The van der Waals surface area contributed by atoms with E-state index in [1.807, 2.05) is 44.9 Å². The van der Waals surface area contributed by atoms with Crippen molar-refractivity contribution in [1.29, 1.82) is 0 Å². The van der Waals surface area contributed by atoms with Crippen molar-refractivity contribution in [2.75, 3.05) is 26.7 Å². The van der Waals surface area contributed by atoms with Gasteiger partial charge in [0.2, 0.25) is 5.91 Å². The second-order valence-corrected chi connectivity index (χ2v) is 6.60. The highest BCUT2D eigenvalue weighted by atomic mass is 35.5. The first-order valence-corrected chi connectivity index (χ1v) is 8.81. The summed E-state index contributed by atoms with van der Waals surface area (Å²) in [5, 5.41) is 7.19. The third-order valence-corrected chi connectivity index (χ3v) is 4.04. The molecular weight excluding hydrogens is 347 g/mol. The molecule has 0 saturated carbocycles. The molecule has 0 aromatic heterocycles. The summed E-state index contributed by atoms with van der Waals surface area (Å²) < 4.78 is 0. The minimum absolute atomic E-state index is 0.0143. The third-order valence-electron chi connectivity index (χ3n) is 3.30. The average molecular weight is 373 g/mol. The maximum atomic E-state index is 11.5. The molecule has 1 aromatic rings. The molecule has 2 N–H and O–H groups in total. The first kappa shape index (κ1) is 20.6. The molecule has 0 atom stereocenters. The van der Waals surface area contributed by atoms with Crippen LogP contribution in [0.2, 0.25) is 10.0 Å². The lowest BCUT2D eigenvalue weighted by molar-refractivity contribution is -0.123. The van der Waals surface area contributed by atoms with Gasteiger partial charge in [-0.2, -0.15) is 0 Å². The van der Waals surface area contributed by atoms with Gasteiger partial charge in [0.05, 0.1) is 16.6 Å². The molecule has 134 valence electrons. The minimum atomic E-state index is -0.0143. The zero-order valence-corrected chi connectivity index (χ0v) is 16.2. The lowest BCUT2D eigenvalue weighted by Crippen LogP contribution is -2.39. The van der Waals surface area contributed by atoms with Gasteiger partial charge in [-0.15, -0.1) is 0 Å². The smallest absolute Gasteiger partial charge is 0.222 e. The SMILES string of the molecule is CCNC(=NCCNC(=O)C(C)C)N(C)Cc1ccc(Cl)c(Cl)c1. The Morgan fingerprint density at radius 1 is 1.25 bits per heavy atom. The molecule has 0 bridgehead atoms. The Labute approximate surface area is 154 Å². The second-order valence-electron chi connectivity index (χ2n) is 5.79. The number of amides is 1. The zero-order valence-electron chi connectivity index (χ0n) is 14.7. The number of carbonyl (C=O) groups excluding carboxylic acids is 1. The number of guanidine groups is 1. The molecule has 0 aliphatic carbocycles. The number of carbonyl (C=O) groups is 1. The van der Waals surface area contributed by atoms with Crippen LogP contribution in [0, 0.1) is 5.92 Å². The normalized spacial score (nSPS) is 11.5. The monoisotopic (exact) mass is 372 g/mol. The molecule has 0 aliphatic heterocycles. The predicted molar refractivity (Wildman–Crippen MR) is 102 cm³/mol. The van der Waals surface area contributed by atoms with Crippen molar-refractivity contribution in [3.63, 3.8) is 0 Å². The van der Waals surface area contributed by atoms with Crippen LogP contribution in [0.15, 0.2) is 23.2 Å². The van der Waals surface area contributed by atoms with Crippen LogP contribution >= 0.6 is 23.2 Å². The number of aliphatic imine (C=N–C) groups is 1. The lowest BCUT2D eigenvalue weighted by atomic mass is 10.2. The van der Waals surface area contributed by atoms with E-state index >= 15 is 0 Å². The molecular formula is C17H26Cl2N4O. The van der Waals surface area contributed by atoms with Gasteiger partial charge in [0.1, 0.15) is 0 Å². The van der Waals surface area contributed by atoms with Gasteiger partial charge in [-0.3, -0.25) is 9.79 Å². The molecule has 1 aromatic carbocycles. The Balaban J connectivity index is 2.63. The van der Waals surface area contributed by atoms with E-state index < -0.39 is 0 Å². The van der Waals surface area contributed by atoms with E-state index in [0.717, 1.165) is 18.1 Å². The summed E-state index contributed by atoms with van der Waals surface area (Å²) in [7, 11) is 1.96. The molecule has 0 fully saturated rings. The maximum absolute atomic E-state index is 11.5. The largest absolute Gasteiger partial charge is 0.357 e. The van der Waals surface area contributed by atoms with Crippen LogP contribution in [0.3, 0.4) is 0 Å². The fourth-order valence-electron chi connectivity index (χ4n) is 2.00. The Morgan fingerprint density at radius 3 is 2.54 bits per heavy atom. The van der Waals surface area contributed by atoms with Gasteiger partial charge in [0.25, 0.3) is 0 Å². The predicted octanol–water partition coefficient (Wildman–Crippen LogP) is 3.16. The molecule has 0 spiro atoms. The molecule has 1 amide bonds. The van der Waals surface area contributed by atoms with Gasteiger partial charge in [-0.25, -0.2) is 0 Å². The first-order chi connectivity index (χ1) is 11.3. The fraction of sp³-hybridized carbons (Fsp3) is 0.529. The molecule has 0 radical (unpaired) electrons. The molecule has 24 heavy (non-hydrogen) atoms. The van der Waals surface area contributed by atoms with Gasteiger partial charge in [0, 0.05) is 32.6 Å². The summed E-state index contributed by atoms with van der Waals surface area (Å²) in [6, 6.07) is 5.59. The fourth-order valence-corrected chi connectivity index (χ4v) is 2.32. The molecule has 0 heterocycles. The van der Waals surface area contributed by atoms with E-state index in [2.05, 4.69) is 15.6 Å². The van der Waals surface area contributed by atoms with Crippen molar-refractivity contribution in [2.24, 2.45) is 10.9 Å². The molecule has 0 saturated heterocycles. The van der Waals surface area contributed by atoms with Crippen molar-refractivity contribution >= 4 is 35.1 Å². The van der Waals surface area contributed by atoms with Crippen molar-refractivity contribution in [3.05, 3.63) is 33.8 Å². The zero-order chi connectivity index (χ0) is 18.1. The highest BCUT2D eigenvalue weighted by Crippen LogP contribution is 2.23. The quantitative estimate of drug-likeness (QED) is 0.439. The number of nitrogens with zero attached hydrogens (tertiary/aromatic N) is 2. The van der Waals surface area contributed by atoms with Crippen LogP contribution in [0.4, 0.5) is 0 Å². The van der Waals surface area contributed by atoms with Crippen molar-refractivity contribution < 1.29 is 4.79 Å². The number of rotatable bonds is 7. The number of hydrogen-bond acceptors (Lipinski definition) is 2. The third kappa shape index (κ3) is 6.97. The minimum Gasteiger partial charge on any atom is -0.357 e. The van der Waals surface area contributed by atoms with Crippen molar-refractivity contribution in [3.8, 4) is 0 Å². The van der Waals surface area contributed by atoms with Gasteiger partial charge >= 0.3 is 0 Å². The van der Waals surface area contributed by atoms with E-state index in [9.17, 15) is 4.79 Å². The Morgan fingerprint density at radius 2 is 1.96 bits per heavy atom. The first-order valence-electron chi connectivity index (χ1n) is 8.06. The second kappa shape index (κ2) is 10.4. The highest BCUT2D eigenvalue weighted by molar-refractivity contribution is 6.42. The van der Waals surface area contributed by atoms with Crippen molar-refractivity contribution in [2.45, 2.75) is 27.3 Å². The standard InChI is InChI=1S/C17H26Cl2N4O/c1-5-20-17(22-9-8-21-16(24)12(2)3)23(4)11-13-6-7-14(18)15(19)10-13/h6-7,10,12H,5,8-9,11H2,1-4H3,(H,20,22)(H,21,24). The Hall–Kier alpha value is -1.46. The number of benzene rings is 1. The van der Waals surface area contributed by atoms with E-state index in [1.54, 1.807) is 6.07 Å². The Kier molecular flexibility index (Phi) is 8.93. The summed E-state index contributed by atoms with van der Waals surface area (Å²) in [6.07, 6.45) is 0. The molecule has 1 rings (SSSR count). The van der Waals surface area contributed by atoms with Crippen LogP contribution in [0.5, 0.6) is 0 Å². The summed E-state index contributed by atoms with van der Waals surface area (Å²) >= 11 is 12.0. The van der Waals surface area contributed by atoms with Gasteiger partial charge in [0.15, 0.2) is 5.96 Å². The molecule has 0 unspecified atom stereocenters. The van der Waals surface area contributed by atoms with Crippen LogP contribution in [0.1, 0.15) is 26.3 Å². The van der Waals surface area contributed by atoms with E-state index in [1.165, 1.54) is 0 Å². The Bertz CT molecular complexity index is 576.